The molecule has 4 nitrogen and oxygen atoms in total. The van der Waals surface area contributed by atoms with Crippen molar-refractivity contribution in [2.75, 3.05) is 33.9 Å². The molecule has 1 aliphatic heterocycles. The number of hydrogen-bond acceptors (Lipinski definition) is 4. The number of rotatable bonds is 4. The summed E-state index contributed by atoms with van der Waals surface area (Å²) < 4.78 is 5.40. The van der Waals surface area contributed by atoms with E-state index >= 15 is 0 Å². The third-order valence-electron chi connectivity index (χ3n) is 4.69. The molecule has 0 spiro atoms. The Hall–Kier alpha value is -0.630. The number of nitrogens with one attached hydrogen (secondary N) is 1. The Labute approximate surface area is 110 Å². The topological polar surface area (TPSA) is 48.3 Å². The van der Waals surface area contributed by atoms with Crippen molar-refractivity contribution >= 4 is 0 Å². The van der Waals surface area contributed by atoms with E-state index in [1.54, 1.807) is 0 Å². The molecule has 2 atom stereocenters. The van der Waals surface area contributed by atoms with Gasteiger partial charge in [0.05, 0.1) is 6.07 Å². The summed E-state index contributed by atoms with van der Waals surface area (Å²) in [6.07, 6.45) is 5.44. The van der Waals surface area contributed by atoms with Gasteiger partial charge in [-0.05, 0) is 52.1 Å². The first-order valence-electron chi connectivity index (χ1n) is 7.07. The Morgan fingerprint density at radius 3 is 2.67 bits per heavy atom. The van der Waals surface area contributed by atoms with Crippen LogP contribution in [0.1, 0.15) is 32.1 Å². The maximum atomic E-state index is 9.29. The van der Waals surface area contributed by atoms with Gasteiger partial charge in [-0.15, -0.1) is 0 Å². The Morgan fingerprint density at radius 1 is 1.39 bits per heavy atom. The first-order chi connectivity index (χ1) is 8.69. The maximum absolute atomic E-state index is 9.29. The molecule has 2 rings (SSSR count). The average Bonchev–Trinajstić information content (AvgIpc) is 2.85. The molecule has 0 aromatic rings. The van der Waals surface area contributed by atoms with Crippen molar-refractivity contribution in [3.8, 4) is 6.07 Å². The Balaban J connectivity index is 1.83. The quantitative estimate of drug-likeness (QED) is 0.820. The minimum absolute atomic E-state index is 0.283. The number of hydrogen-bond donors (Lipinski definition) is 1. The van der Waals surface area contributed by atoms with Crippen molar-refractivity contribution in [3.63, 3.8) is 0 Å². The van der Waals surface area contributed by atoms with E-state index in [-0.39, 0.29) is 5.54 Å². The van der Waals surface area contributed by atoms with Gasteiger partial charge in [0.2, 0.25) is 0 Å². The molecule has 1 saturated carbocycles. The van der Waals surface area contributed by atoms with Crippen LogP contribution in [0.2, 0.25) is 0 Å². The highest BCUT2D eigenvalue weighted by molar-refractivity contribution is 5.12. The molecule has 0 radical (unpaired) electrons. The van der Waals surface area contributed by atoms with Crippen LogP contribution < -0.4 is 5.32 Å². The second-order valence-corrected chi connectivity index (χ2v) is 5.84. The van der Waals surface area contributed by atoms with Crippen LogP contribution in [0.25, 0.3) is 0 Å². The average molecular weight is 251 g/mol. The summed E-state index contributed by atoms with van der Waals surface area (Å²) in [4.78, 5) is 2.46. The molecule has 1 heterocycles. The van der Waals surface area contributed by atoms with Gasteiger partial charge in [-0.2, -0.15) is 5.26 Å². The van der Waals surface area contributed by atoms with E-state index < -0.39 is 0 Å². The SMILES string of the molecule is CNC1(C#N)CCC(N(C)CC2CCOCC2)C1. The molecule has 0 bridgehead atoms. The summed E-state index contributed by atoms with van der Waals surface area (Å²) in [6.45, 7) is 2.99. The Kier molecular flexibility index (Phi) is 4.60. The highest BCUT2D eigenvalue weighted by atomic mass is 16.5. The van der Waals surface area contributed by atoms with Crippen molar-refractivity contribution in [2.45, 2.75) is 43.7 Å². The molecule has 2 fully saturated rings. The second-order valence-electron chi connectivity index (χ2n) is 5.84. The number of nitriles is 1. The van der Waals surface area contributed by atoms with Gasteiger partial charge in [-0.3, -0.25) is 0 Å². The summed E-state index contributed by atoms with van der Waals surface area (Å²) >= 11 is 0. The van der Waals surface area contributed by atoms with Gasteiger partial charge < -0.3 is 15.0 Å². The standard InChI is InChI=1S/C14H25N3O/c1-16-14(11-15)6-3-13(9-14)17(2)10-12-4-7-18-8-5-12/h12-13,16H,3-10H2,1-2H3. The maximum Gasteiger partial charge on any atom is 0.108 e. The summed E-state index contributed by atoms with van der Waals surface area (Å²) in [5.74, 6) is 0.774. The molecule has 0 aromatic carbocycles. The van der Waals surface area contributed by atoms with Crippen LogP contribution in [0.3, 0.4) is 0 Å². The van der Waals surface area contributed by atoms with E-state index in [1.807, 2.05) is 7.05 Å². The molecular weight excluding hydrogens is 226 g/mol. The first kappa shape index (κ1) is 13.8. The van der Waals surface area contributed by atoms with Crippen molar-refractivity contribution in [3.05, 3.63) is 0 Å². The van der Waals surface area contributed by atoms with E-state index in [1.165, 1.54) is 12.8 Å². The molecule has 0 amide bonds. The van der Waals surface area contributed by atoms with Crippen molar-refractivity contribution in [1.82, 2.24) is 10.2 Å². The first-order valence-corrected chi connectivity index (χ1v) is 7.07. The van der Waals surface area contributed by atoms with Gasteiger partial charge in [0.15, 0.2) is 0 Å². The monoisotopic (exact) mass is 251 g/mol. The summed E-state index contributed by atoms with van der Waals surface area (Å²) in [7, 11) is 4.12. The van der Waals surface area contributed by atoms with Crippen molar-refractivity contribution < 1.29 is 4.74 Å². The lowest BCUT2D eigenvalue weighted by atomic mass is 9.97. The van der Waals surface area contributed by atoms with E-state index in [2.05, 4.69) is 23.3 Å². The largest absolute Gasteiger partial charge is 0.381 e. The van der Waals surface area contributed by atoms with Gasteiger partial charge in [0, 0.05) is 25.8 Å². The summed E-state index contributed by atoms with van der Waals surface area (Å²) in [6, 6.07) is 3.01. The number of ether oxygens (including phenoxy) is 1. The molecule has 1 saturated heterocycles. The van der Waals surface area contributed by atoms with Crippen molar-refractivity contribution in [2.24, 2.45) is 5.92 Å². The molecule has 102 valence electrons. The van der Waals surface area contributed by atoms with Crippen LogP contribution in [0.15, 0.2) is 0 Å². The Bertz CT molecular complexity index is 309. The third-order valence-corrected chi connectivity index (χ3v) is 4.69. The molecule has 4 heteroatoms. The fraction of sp³-hybridized carbons (Fsp3) is 0.929. The highest BCUT2D eigenvalue weighted by Gasteiger charge is 2.39. The van der Waals surface area contributed by atoms with Gasteiger partial charge in [0.25, 0.3) is 0 Å². The third kappa shape index (κ3) is 3.03. The zero-order valence-electron chi connectivity index (χ0n) is 11.6. The van der Waals surface area contributed by atoms with Crippen LogP contribution in [0.5, 0.6) is 0 Å². The van der Waals surface area contributed by atoms with Crippen LogP contribution in [-0.4, -0.2) is 50.3 Å². The minimum atomic E-state index is -0.283. The predicted octanol–water partition coefficient (Wildman–Crippen LogP) is 1.38. The lowest BCUT2D eigenvalue weighted by molar-refractivity contribution is 0.0503. The van der Waals surface area contributed by atoms with Crippen LogP contribution >= 0.6 is 0 Å². The number of nitrogens with zero attached hydrogens (tertiary/aromatic N) is 2. The van der Waals surface area contributed by atoms with Crippen LogP contribution in [0.4, 0.5) is 0 Å². The lowest BCUT2D eigenvalue weighted by Crippen LogP contribution is -2.42. The molecule has 18 heavy (non-hydrogen) atoms. The van der Waals surface area contributed by atoms with E-state index in [4.69, 9.17) is 4.74 Å². The molecule has 1 N–H and O–H groups in total. The van der Waals surface area contributed by atoms with E-state index in [0.29, 0.717) is 6.04 Å². The van der Waals surface area contributed by atoms with Gasteiger partial charge in [-0.1, -0.05) is 0 Å². The minimum Gasteiger partial charge on any atom is -0.381 e. The lowest BCUT2D eigenvalue weighted by Gasteiger charge is -2.31. The zero-order valence-corrected chi connectivity index (χ0v) is 11.6. The molecule has 2 unspecified atom stereocenters. The fourth-order valence-electron chi connectivity index (χ4n) is 3.27. The zero-order chi connectivity index (χ0) is 13.0. The van der Waals surface area contributed by atoms with E-state index in [9.17, 15) is 5.26 Å². The molecule has 2 aliphatic rings. The van der Waals surface area contributed by atoms with Crippen molar-refractivity contribution in [1.29, 1.82) is 5.26 Å². The summed E-state index contributed by atoms with van der Waals surface area (Å²) in [5.41, 5.74) is -0.283. The van der Waals surface area contributed by atoms with Gasteiger partial charge in [-0.25, -0.2) is 0 Å². The second kappa shape index (κ2) is 6.01. The van der Waals surface area contributed by atoms with Gasteiger partial charge in [0.1, 0.15) is 5.54 Å². The van der Waals surface area contributed by atoms with Crippen LogP contribution in [0, 0.1) is 17.2 Å². The molecule has 1 aliphatic carbocycles. The molecular formula is C14H25N3O. The predicted molar refractivity (Wildman–Crippen MR) is 71.2 cm³/mol. The normalized spacial score (nSPS) is 33.8. The van der Waals surface area contributed by atoms with Crippen LogP contribution in [-0.2, 0) is 4.74 Å². The summed E-state index contributed by atoms with van der Waals surface area (Å²) in [5, 5.41) is 12.5. The highest BCUT2D eigenvalue weighted by Crippen LogP contribution is 2.32. The van der Waals surface area contributed by atoms with E-state index in [0.717, 1.165) is 44.9 Å². The Morgan fingerprint density at radius 2 is 2.11 bits per heavy atom. The van der Waals surface area contributed by atoms with Gasteiger partial charge >= 0.3 is 0 Å². The fourth-order valence-corrected chi connectivity index (χ4v) is 3.27. The molecule has 0 aromatic heterocycles. The smallest absolute Gasteiger partial charge is 0.108 e.